The van der Waals surface area contributed by atoms with Crippen LogP contribution >= 0.6 is 15.9 Å². The number of rotatable bonds is 3. The molecule has 112 valence electrons. The highest BCUT2D eigenvalue weighted by Gasteiger charge is 2.28. The molecule has 1 aliphatic rings. The van der Waals surface area contributed by atoms with Crippen molar-refractivity contribution in [1.29, 1.82) is 0 Å². The number of nitrogens with zero attached hydrogens (tertiary/aromatic N) is 1. The molecule has 0 saturated carbocycles. The second-order valence-corrected chi connectivity index (χ2v) is 5.94. The first-order chi connectivity index (χ1) is 10.8. The van der Waals surface area contributed by atoms with E-state index in [1.54, 1.807) is 4.90 Å². The summed E-state index contributed by atoms with van der Waals surface area (Å²) in [6, 6.07) is 17.6. The predicted molar refractivity (Wildman–Crippen MR) is 89.4 cm³/mol. The second-order valence-electron chi connectivity index (χ2n) is 5.09. The molecule has 0 aliphatic carbocycles. The average molecular weight is 358 g/mol. The average Bonchev–Trinajstić information content (AvgIpc) is 3.03. The largest absolute Gasteiger partial charge is 0.445 e. The maximum Gasteiger partial charge on any atom is 0.411 e. The first-order valence-corrected chi connectivity index (χ1v) is 7.93. The van der Waals surface area contributed by atoms with E-state index in [4.69, 9.17) is 4.74 Å². The van der Waals surface area contributed by atoms with Crippen LogP contribution in [0.2, 0.25) is 0 Å². The van der Waals surface area contributed by atoms with Gasteiger partial charge in [0.25, 0.3) is 0 Å². The smallest absolute Gasteiger partial charge is 0.411 e. The lowest BCUT2D eigenvalue weighted by molar-refractivity contribution is 0.0949. The highest BCUT2D eigenvalue weighted by Crippen LogP contribution is 2.32. The summed E-state index contributed by atoms with van der Waals surface area (Å²) in [5.41, 5.74) is 2.05. The zero-order chi connectivity index (χ0) is 15.4. The molecule has 1 atom stereocenters. The molecule has 1 unspecified atom stereocenters. The van der Waals surface area contributed by atoms with Gasteiger partial charge >= 0.3 is 6.09 Å². The molecular formula is C18H16BrNO2. The molecule has 0 fully saturated rings. The van der Waals surface area contributed by atoms with Gasteiger partial charge in [-0.25, -0.2) is 4.79 Å². The van der Waals surface area contributed by atoms with Crippen LogP contribution in [0.5, 0.6) is 0 Å². The molecule has 3 nitrogen and oxygen atoms in total. The Kier molecular flexibility index (Phi) is 4.59. The van der Waals surface area contributed by atoms with Gasteiger partial charge in [0, 0.05) is 11.0 Å². The van der Waals surface area contributed by atoms with Crippen molar-refractivity contribution in [1.82, 2.24) is 4.90 Å². The number of amides is 1. The minimum absolute atomic E-state index is 0.0844. The SMILES string of the molecule is O=C(OCc1ccccc1)N1CC=CC1c1ccccc1Br. The minimum atomic E-state index is -0.297. The number of hydrogen-bond donors (Lipinski definition) is 0. The summed E-state index contributed by atoms with van der Waals surface area (Å²) >= 11 is 3.55. The Morgan fingerprint density at radius 1 is 1.14 bits per heavy atom. The van der Waals surface area contributed by atoms with Gasteiger partial charge in [-0.3, -0.25) is 4.90 Å². The molecule has 0 spiro atoms. The van der Waals surface area contributed by atoms with E-state index in [1.807, 2.05) is 66.7 Å². The molecule has 3 rings (SSSR count). The van der Waals surface area contributed by atoms with Crippen LogP contribution in [0.25, 0.3) is 0 Å². The zero-order valence-electron chi connectivity index (χ0n) is 12.0. The third-order valence-electron chi connectivity index (χ3n) is 3.62. The number of hydrogen-bond acceptors (Lipinski definition) is 2. The summed E-state index contributed by atoms with van der Waals surface area (Å²) in [6.45, 7) is 0.860. The molecule has 0 bridgehead atoms. The predicted octanol–water partition coefficient (Wildman–Crippen LogP) is 4.70. The van der Waals surface area contributed by atoms with Gasteiger partial charge in [-0.2, -0.15) is 0 Å². The summed E-state index contributed by atoms with van der Waals surface area (Å²) in [4.78, 5) is 14.1. The van der Waals surface area contributed by atoms with Gasteiger partial charge < -0.3 is 4.74 Å². The van der Waals surface area contributed by atoms with Crippen molar-refractivity contribution in [2.24, 2.45) is 0 Å². The molecule has 4 heteroatoms. The van der Waals surface area contributed by atoms with Crippen molar-refractivity contribution in [3.63, 3.8) is 0 Å². The number of halogens is 1. The van der Waals surface area contributed by atoms with Gasteiger partial charge in [-0.1, -0.05) is 76.6 Å². The van der Waals surface area contributed by atoms with Crippen LogP contribution in [-0.2, 0) is 11.3 Å². The van der Waals surface area contributed by atoms with E-state index in [0.29, 0.717) is 13.2 Å². The second kappa shape index (κ2) is 6.79. The van der Waals surface area contributed by atoms with Crippen molar-refractivity contribution >= 4 is 22.0 Å². The zero-order valence-corrected chi connectivity index (χ0v) is 13.6. The monoisotopic (exact) mass is 357 g/mol. The number of benzene rings is 2. The van der Waals surface area contributed by atoms with Crippen molar-refractivity contribution in [3.05, 3.63) is 82.3 Å². The molecule has 1 aliphatic heterocycles. The molecule has 2 aromatic rings. The Balaban J connectivity index is 1.69. The standard InChI is InChI=1S/C18H16BrNO2/c19-16-10-5-4-9-15(16)17-11-6-12-20(17)18(21)22-13-14-7-2-1-3-8-14/h1-11,17H,12-13H2. The molecule has 1 heterocycles. The van der Waals surface area contributed by atoms with Crippen molar-refractivity contribution in [3.8, 4) is 0 Å². The van der Waals surface area contributed by atoms with Crippen molar-refractivity contribution < 1.29 is 9.53 Å². The lowest BCUT2D eigenvalue weighted by Crippen LogP contribution is -2.31. The first-order valence-electron chi connectivity index (χ1n) is 7.14. The van der Waals surface area contributed by atoms with Crippen molar-refractivity contribution in [2.45, 2.75) is 12.6 Å². The number of carbonyl (C=O) groups excluding carboxylic acids is 1. The molecule has 0 N–H and O–H groups in total. The van der Waals surface area contributed by atoms with Crippen LogP contribution in [0.4, 0.5) is 4.79 Å². The summed E-state index contributed by atoms with van der Waals surface area (Å²) in [6.07, 6.45) is 3.73. The Bertz CT molecular complexity index is 684. The molecule has 0 radical (unpaired) electrons. The molecule has 1 amide bonds. The molecule has 2 aromatic carbocycles. The summed E-state index contributed by atoms with van der Waals surface area (Å²) in [5, 5.41) is 0. The van der Waals surface area contributed by atoms with Crippen LogP contribution in [0.15, 0.2) is 71.2 Å². The van der Waals surface area contributed by atoms with Crippen molar-refractivity contribution in [2.75, 3.05) is 6.54 Å². The van der Waals surface area contributed by atoms with E-state index in [9.17, 15) is 4.79 Å². The van der Waals surface area contributed by atoms with Crippen LogP contribution in [0.3, 0.4) is 0 Å². The lowest BCUT2D eigenvalue weighted by Gasteiger charge is -2.25. The summed E-state index contributed by atoms with van der Waals surface area (Å²) in [7, 11) is 0. The fourth-order valence-corrected chi connectivity index (χ4v) is 3.02. The van der Waals surface area contributed by atoms with E-state index in [0.717, 1.165) is 15.6 Å². The van der Waals surface area contributed by atoms with Gasteiger partial charge in [-0.15, -0.1) is 0 Å². The summed E-state index contributed by atoms with van der Waals surface area (Å²) in [5.74, 6) is 0. The summed E-state index contributed by atoms with van der Waals surface area (Å²) < 4.78 is 6.43. The van der Waals surface area contributed by atoms with E-state index < -0.39 is 0 Å². The lowest BCUT2D eigenvalue weighted by atomic mass is 10.1. The maximum atomic E-state index is 12.4. The van der Waals surface area contributed by atoms with Gasteiger partial charge in [0.1, 0.15) is 6.61 Å². The number of carbonyl (C=O) groups is 1. The van der Waals surface area contributed by atoms with Crippen LogP contribution in [0, 0.1) is 0 Å². The van der Waals surface area contributed by atoms with E-state index in [-0.39, 0.29) is 12.1 Å². The third-order valence-corrected chi connectivity index (χ3v) is 4.34. The topological polar surface area (TPSA) is 29.5 Å². The van der Waals surface area contributed by atoms with Gasteiger partial charge in [-0.05, 0) is 17.2 Å². The minimum Gasteiger partial charge on any atom is -0.445 e. The molecule has 0 saturated heterocycles. The van der Waals surface area contributed by atoms with E-state index in [1.165, 1.54) is 0 Å². The fraction of sp³-hybridized carbons (Fsp3) is 0.167. The number of ether oxygens (including phenoxy) is 1. The van der Waals surface area contributed by atoms with E-state index in [2.05, 4.69) is 15.9 Å². The quantitative estimate of drug-likeness (QED) is 0.745. The Morgan fingerprint density at radius 3 is 2.64 bits per heavy atom. The Morgan fingerprint density at radius 2 is 1.86 bits per heavy atom. The van der Waals surface area contributed by atoms with Gasteiger partial charge in [0.2, 0.25) is 0 Å². The Labute approximate surface area is 138 Å². The fourth-order valence-electron chi connectivity index (χ4n) is 2.50. The molecule has 22 heavy (non-hydrogen) atoms. The highest BCUT2D eigenvalue weighted by atomic mass is 79.9. The van der Waals surface area contributed by atoms with Gasteiger partial charge in [0.05, 0.1) is 6.04 Å². The highest BCUT2D eigenvalue weighted by molar-refractivity contribution is 9.10. The van der Waals surface area contributed by atoms with Gasteiger partial charge in [0.15, 0.2) is 0 Å². The normalized spacial score (nSPS) is 16.8. The van der Waals surface area contributed by atoms with Crippen LogP contribution < -0.4 is 0 Å². The van der Waals surface area contributed by atoms with Crippen LogP contribution in [-0.4, -0.2) is 17.5 Å². The third kappa shape index (κ3) is 3.22. The Hall–Kier alpha value is -2.07. The van der Waals surface area contributed by atoms with Crippen LogP contribution in [0.1, 0.15) is 17.2 Å². The first kappa shape index (κ1) is 14.9. The molecular weight excluding hydrogens is 342 g/mol. The molecule has 0 aromatic heterocycles. The van der Waals surface area contributed by atoms with E-state index >= 15 is 0 Å². The maximum absolute atomic E-state index is 12.4.